The Morgan fingerprint density at radius 1 is 1.14 bits per heavy atom. The fraction of sp³-hybridized carbons (Fsp3) is 0.571. The molecule has 1 aromatic rings. The second-order valence-electron chi connectivity index (χ2n) is 6.14. The van der Waals surface area contributed by atoms with E-state index >= 15 is 0 Å². The van der Waals surface area contributed by atoms with Crippen molar-refractivity contribution in [1.82, 2.24) is 8.61 Å². The number of benzene rings is 1. The second kappa shape index (κ2) is 5.30. The Morgan fingerprint density at radius 3 is 2.36 bits per heavy atom. The number of sulfonamides is 2. The van der Waals surface area contributed by atoms with Gasteiger partial charge in [-0.05, 0) is 18.1 Å². The van der Waals surface area contributed by atoms with E-state index in [4.69, 9.17) is 0 Å². The van der Waals surface area contributed by atoms with E-state index in [1.807, 2.05) is 31.2 Å². The van der Waals surface area contributed by atoms with Crippen molar-refractivity contribution in [1.29, 1.82) is 0 Å². The van der Waals surface area contributed by atoms with E-state index in [1.54, 1.807) is 0 Å². The van der Waals surface area contributed by atoms with Crippen LogP contribution in [0.1, 0.15) is 24.1 Å². The standard InChI is InChI=1S/C14H20N2O4S2/c1-11-14-6-4-3-5-13(14)9-16(11)22(19,20)10-12-7-15(8-12)21(2,17)18/h3-6,11-12H,7-10H2,1-2H3/t11-/m0/s1. The molecule has 1 aromatic carbocycles. The van der Waals surface area contributed by atoms with Crippen LogP contribution >= 0.6 is 0 Å². The Bertz CT molecular complexity index is 783. The van der Waals surface area contributed by atoms with Crippen molar-refractivity contribution in [3.05, 3.63) is 35.4 Å². The first-order valence-corrected chi connectivity index (χ1v) is 10.7. The first kappa shape index (κ1) is 15.9. The van der Waals surface area contributed by atoms with Crippen LogP contribution in [-0.2, 0) is 26.6 Å². The topological polar surface area (TPSA) is 74.8 Å². The molecule has 22 heavy (non-hydrogen) atoms. The number of nitrogens with zero attached hydrogens (tertiary/aromatic N) is 2. The first-order chi connectivity index (χ1) is 10.2. The largest absolute Gasteiger partial charge is 0.215 e. The third kappa shape index (κ3) is 2.80. The van der Waals surface area contributed by atoms with Crippen molar-refractivity contribution in [3.63, 3.8) is 0 Å². The maximum absolute atomic E-state index is 12.6. The van der Waals surface area contributed by atoms with Crippen molar-refractivity contribution < 1.29 is 16.8 Å². The molecule has 8 heteroatoms. The van der Waals surface area contributed by atoms with Crippen LogP contribution in [0.5, 0.6) is 0 Å². The summed E-state index contributed by atoms with van der Waals surface area (Å²) in [6, 6.07) is 7.59. The van der Waals surface area contributed by atoms with Gasteiger partial charge >= 0.3 is 0 Å². The summed E-state index contributed by atoms with van der Waals surface area (Å²) in [5.41, 5.74) is 2.10. The van der Waals surface area contributed by atoms with Crippen molar-refractivity contribution in [2.45, 2.75) is 19.5 Å². The monoisotopic (exact) mass is 344 g/mol. The van der Waals surface area contributed by atoms with Gasteiger partial charge in [0, 0.05) is 31.6 Å². The lowest BCUT2D eigenvalue weighted by Gasteiger charge is -2.37. The highest BCUT2D eigenvalue weighted by atomic mass is 32.2. The fourth-order valence-corrected chi connectivity index (χ4v) is 6.07. The highest BCUT2D eigenvalue weighted by Crippen LogP contribution is 2.36. The van der Waals surface area contributed by atoms with Gasteiger partial charge in [0.25, 0.3) is 0 Å². The van der Waals surface area contributed by atoms with E-state index in [9.17, 15) is 16.8 Å². The molecule has 1 fully saturated rings. The van der Waals surface area contributed by atoms with E-state index in [1.165, 1.54) is 8.61 Å². The Morgan fingerprint density at radius 2 is 1.77 bits per heavy atom. The Labute approximate surface area is 131 Å². The summed E-state index contributed by atoms with van der Waals surface area (Å²) in [5.74, 6) is -0.104. The molecule has 2 aliphatic heterocycles. The summed E-state index contributed by atoms with van der Waals surface area (Å²) in [7, 11) is -6.60. The molecule has 0 aliphatic carbocycles. The Kier molecular flexibility index (Phi) is 3.83. The molecule has 0 spiro atoms. The molecule has 0 aromatic heterocycles. The molecule has 1 atom stereocenters. The number of hydrogen-bond donors (Lipinski definition) is 0. The Hall–Kier alpha value is -0.960. The van der Waals surface area contributed by atoms with Crippen LogP contribution in [0.2, 0.25) is 0 Å². The van der Waals surface area contributed by atoms with Gasteiger partial charge < -0.3 is 0 Å². The molecule has 0 saturated carbocycles. The van der Waals surface area contributed by atoms with Gasteiger partial charge in [-0.25, -0.2) is 21.1 Å². The average Bonchev–Trinajstić information content (AvgIpc) is 2.71. The molecule has 3 rings (SSSR count). The summed E-state index contributed by atoms with van der Waals surface area (Å²) in [5, 5.41) is 0. The van der Waals surface area contributed by atoms with Crippen LogP contribution in [0, 0.1) is 5.92 Å². The fourth-order valence-electron chi connectivity index (χ4n) is 3.18. The summed E-state index contributed by atoms with van der Waals surface area (Å²) in [4.78, 5) is 0. The molecule has 0 radical (unpaired) electrons. The summed E-state index contributed by atoms with van der Waals surface area (Å²) in [6.07, 6.45) is 1.15. The molecule has 6 nitrogen and oxygen atoms in total. The van der Waals surface area contributed by atoms with Crippen LogP contribution < -0.4 is 0 Å². The molecule has 0 unspecified atom stereocenters. The molecule has 0 amide bonds. The second-order valence-corrected chi connectivity index (χ2v) is 10.1. The zero-order valence-electron chi connectivity index (χ0n) is 12.6. The molecular weight excluding hydrogens is 324 g/mol. The lowest BCUT2D eigenvalue weighted by atomic mass is 10.1. The van der Waals surface area contributed by atoms with Gasteiger partial charge in [0.1, 0.15) is 0 Å². The quantitative estimate of drug-likeness (QED) is 0.809. The van der Waals surface area contributed by atoms with E-state index < -0.39 is 20.0 Å². The minimum atomic E-state index is -3.39. The SMILES string of the molecule is C[C@H]1c2ccccc2CN1S(=O)(=O)CC1CN(S(C)(=O)=O)C1. The maximum atomic E-state index is 12.6. The van der Waals surface area contributed by atoms with Crippen LogP contribution in [-0.4, -0.2) is 50.5 Å². The molecule has 1 saturated heterocycles. The minimum absolute atomic E-state index is 0.0113. The molecule has 0 bridgehead atoms. The zero-order chi connectivity index (χ0) is 16.1. The molecular formula is C14H20N2O4S2. The van der Waals surface area contributed by atoms with E-state index in [0.29, 0.717) is 19.6 Å². The predicted octanol–water partition coefficient (Wildman–Crippen LogP) is 0.784. The van der Waals surface area contributed by atoms with Crippen LogP contribution in [0.25, 0.3) is 0 Å². The normalized spacial score (nSPS) is 24.2. The van der Waals surface area contributed by atoms with Crippen molar-refractivity contribution in [3.8, 4) is 0 Å². The number of hydrogen-bond acceptors (Lipinski definition) is 4. The van der Waals surface area contributed by atoms with Crippen molar-refractivity contribution >= 4 is 20.0 Å². The van der Waals surface area contributed by atoms with Gasteiger partial charge in [-0.2, -0.15) is 4.31 Å². The van der Waals surface area contributed by atoms with Gasteiger partial charge in [-0.1, -0.05) is 24.3 Å². The minimum Gasteiger partial charge on any atom is -0.213 e. The van der Waals surface area contributed by atoms with Crippen LogP contribution in [0.3, 0.4) is 0 Å². The molecule has 2 aliphatic rings. The smallest absolute Gasteiger partial charge is 0.213 e. The van der Waals surface area contributed by atoms with E-state index in [0.717, 1.165) is 17.4 Å². The highest BCUT2D eigenvalue weighted by molar-refractivity contribution is 7.89. The summed E-state index contributed by atoms with van der Waals surface area (Å²) < 4.78 is 50.8. The van der Waals surface area contributed by atoms with Gasteiger partial charge in [0.05, 0.1) is 12.0 Å². The molecule has 2 heterocycles. The lowest BCUT2D eigenvalue weighted by molar-refractivity contribution is 0.218. The predicted molar refractivity (Wildman–Crippen MR) is 84.1 cm³/mol. The number of rotatable bonds is 4. The highest BCUT2D eigenvalue weighted by Gasteiger charge is 2.40. The van der Waals surface area contributed by atoms with Crippen LogP contribution in [0.15, 0.2) is 24.3 Å². The Balaban J connectivity index is 1.69. The average molecular weight is 344 g/mol. The summed E-state index contributed by atoms with van der Waals surface area (Å²) >= 11 is 0. The van der Waals surface area contributed by atoms with Gasteiger partial charge in [0.15, 0.2) is 0 Å². The van der Waals surface area contributed by atoms with E-state index in [-0.39, 0.29) is 17.7 Å². The van der Waals surface area contributed by atoms with Crippen molar-refractivity contribution in [2.75, 3.05) is 25.1 Å². The van der Waals surface area contributed by atoms with Gasteiger partial charge in [-0.3, -0.25) is 0 Å². The third-order valence-electron chi connectivity index (χ3n) is 4.46. The first-order valence-electron chi connectivity index (χ1n) is 7.21. The van der Waals surface area contributed by atoms with Gasteiger partial charge in [-0.15, -0.1) is 0 Å². The van der Waals surface area contributed by atoms with Crippen molar-refractivity contribution in [2.24, 2.45) is 5.92 Å². The van der Waals surface area contributed by atoms with E-state index in [2.05, 4.69) is 0 Å². The number of fused-ring (bicyclic) bond motifs is 1. The van der Waals surface area contributed by atoms with Crippen LogP contribution in [0.4, 0.5) is 0 Å². The zero-order valence-corrected chi connectivity index (χ0v) is 14.3. The van der Waals surface area contributed by atoms with Gasteiger partial charge in [0.2, 0.25) is 20.0 Å². The maximum Gasteiger partial charge on any atom is 0.215 e. The molecule has 0 N–H and O–H groups in total. The lowest BCUT2D eigenvalue weighted by Crippen LogP contribution is -2.52. The molecule has 122 valence electrons. The third-order valence-corrected chi connectivity index (χ3v) is 7.75. The summed E-state index contributed by atoms with van der Waals surface area (Å²) in [6.45, 7) is 2.90.